The number of amides is 1. The van der Waals surface area contributed by atoms with Crippen molar-refractivity contribution < 1.29 is 14.7 Å². The van der Waals surface area contributed by atoms with Gasteiger partial charge in [0.15, 0.2) is 0 Å². The number of hydrogen-bond acceptors (Lipinski definition) is 2. The molecule has 2 aliphatic rings. The lowest BCUT2D eigenvalue weighted by Gasteiger charge is -2.23. The van der Waals surface area contributed by atoms with Crippen molar-refractivity contribution in [3.8, 4) is 0 Å². The van der Waals surface area contributed by atoms with Crippen molar-refractivity contribution in [2.75, 3.05) is 13.1 Å². The first kappa shape index (κ1) is 16.0. The van der Waals surface area contributed by atoms with Crippen LogP contribution in [-0.2, 0) is 16.0 Å². The third kappa shape index (κ3) is 3.92. The van der Waals surface area contributed by atoms with Crippen LogP contribution in [0.15, 0.2) is 30.3 Å². The van der Waals surface area contributed by atoms with E-state index in [0.717, 1.165) is 18.7 Å². The first-order chi connectivity index (χ1) is 11.1. The number of fused-ring (bicyclic) bond motifs is 1. The van der Waals surface area contributed by atoms with E-state index < -0.39 is 11.9 Å². The van der Waals surface area contributed by atoms with Crippen molar-refractivity contribution in [3.05, 3.63) is 35.9 Å². The molecule has 1 heterocycles. The number of carbonyl (C=O) groups is 2. The van der Waals surface area contributed by atoms with Crippen LogP contribution in [0.1, 0.15) is 37.7 Å². The number of rotatable bonds is 5. The number of hydrogen-bond donors (Lipinski definition) is 1. The van der Waals surface area contributed by atoms with Crippen molar-refractivity contribution in [3.63, 3.8) is 0 Å². The van der Waals surface area contributed by atoms with Crippen LogP contribution in [-0.4, -0.2) is 35.0 Å². The van der Waals surface area contributed by atoms with Gasteiger partial charge in [-0.05, 0) is 36.7 Å². The Hall–Kier alpha value is -1.84. The summed E-state index contributed by atoms with van der Waals surface area (Å²) >= 11 is 0. The van der Waals surface area contributed by atoms with Gasteiger partial charge >= 0.3 is 5.97 Å². The molecule has 124 valence electrons. The molecule has 0 radical (unpaired) electrons. The third-order valence-electron chi connectivity index (χ3n) is 5.38. The standard InChI is InChI=1S/C19H25NO3/c21-18(22)11-17(10-14-6-2-1-3-7-14)19(23)20-12-15-8-4-5-9-16(15)13-20/h1-3,6-7,15-17H,4-5,8-13H2,(H,21,22)/t15?,16?,17-/m0/s1. The summed E-state index contributed by atoms with van der Waals surface area (Å²) in [6, 6.07) is 9.73. The molecule has 1 N–H and O–H groups in total. The van der Waals surface area contributed by atoms with Crippen LogP contribution >= 0.6 is 0 Å². The van der Waals surface area contributed by atoms with Gasteiger partial charge in [0.25, 0.3) is 0 Å². The Labute approximate surface area is 137 Å². The zero-order chi connectivity index (χ0) is 16.2. The Kier molecular flexibility index (Phi) is 4.99. The van der Waals surface area contributed by atoms with E-state index in [1.807, 2.05) is 35.2 Å². The first-order valence-electron chi connectivity index (χ1n) is 8.68. The molecule has 4 nitrogen and oxygen atoms in total. The van der Waals surface area contributed by atoms with Gasteiger partial charge in [-0.3, -0.25) is 9.59 Å². The third-order valence-corrected chi connectivity index (χ3v) is 5.38. The molecule has 2 unspecified atom stereocenters. The lowest BCUT2D eigenvalue weighted by Crippen LogP contribution is -2.36. The van der Waals surface area contributed by atoms with Gasteiger partial charge in [0.05, 0.1) is 12.3 Å². The maximum Gasteiger partial charge on any atom is 0.304 e. The second-order valence-electron chi connectivity index (χ2n) is 7.03. The molecular formula is C19H25NO3. The Morgan fingerprint density at radius 1 is 1.09 bits per heavy atom. The maximum absolute atomic E-state index is 12.9. The summed E-state index contributed by atoms with van der Waals surface area (Å²) in [6.45, 7) is 1.66. The average Bonchev–Trinajstić information content (AvgIpc) is 2.98. The van der Waals surface area contributed by atoms with E-state index in [1.165, 1.54) is 25.7 Å². The van der Waals surface area contributed by atoms with Gasteiger partial charge in [-0.25, -0.2) is 0 Å². The summed E-state index contributed by atoms with van der Waals surface area (Å²) in [7, 11) is 0. The Balaban J connectivity index is 1.68. The number of carboxylic acids is 1. The SMILES string of the molecule is O=C(O)C[C@H](Cc1ccccc1)C(=O)N1CC2CCCCC2C1. The van der Waals surface area contributed by atoms with Gasteiger partial charge in [0.2, 0.25) is 5.91 Å². The van der Waals surface area contributed by atoms with Crippen molar-refractivity contribution in [2.45, 2.75) is 38.5 Å². The van der Waals surface area contributed by atoms with Crippen molar-refractivity contribution >= 4 is 11.9 Å². The maximum atomic E-state index is 12.9. The molecule has 1 aromatic rings. The first-order valence-corrected chi connectivity index (χ1v) is 8.68. The van der Waals surface area contributed by atoms with Crippen LogP contribution in [0.4, 0.5) is 0 Å². The van der Waals surface area contributed by atoms with Gasteiger partial charge in [-0.1, -0.05) is 43.2 Å². The highest BCUT2D eigenvalue weighted by molar-refractivity contribution is 5.83. The van der Waals surface area contributed by atoms with Gasteiger partial charge < -0.3 is 10.0 Å². The number of benzene rings is 1. The van der Waals surface area contributed by atoms with Gasteiger partial charge in [-0.2, -0.15) is 0 Å². The molecule has 1 amide bonds. The quantitative estimate of drug-likeness (QED) is 0.909. The zero-order valence-corrected chi connectivity index (χ0v) is 13.5. The minimum absolute atomic E-state index is 0.0330. The minimum Gasteiger partial charge on any atom is -0.481 e. The number of carbonyl (C=O) groups excluding carboxylic acids is 1. The molecule has 2 fully saturated rings. The van der Waals surface area contributed by atoms with Gasteiger partial charge in [0.1, 0.15) is 0 Å². The highest BCUT2D eigenvalue weighted by Gasteiger charge is 2.38. The van der Waals surface area contributed by atoms with Crippen LogP contribution in [0.3, 0.4) is 0 Å². The number of aliphatic carboxylic acids is 1. The van der Waals surface area contributed by atoms with E-state index in [1.54, 1.807) is 0 Å². The second kappa shape index (κ2) is 7.16. The Morgan fingerprint density at radius 2 is 1.70 bits per heavy atom. The smallest absolute Gasteiger partial charge is 0.304 e. The topological polar surface area (TPSA) is 57.6 Å². The molecule has 1 aliphatic carbocycles. The minimum atomic E-state index is -0.893. The van der Waals surface area contributed by atoms with E-state index in [9.17, 15) is 14.7 Å². The lowest BCUT2D eigenvalue weighted by atomic mass is 9.82. The lowest BCUT2D eigenvalue weighted by molar-refractivity contribution is -0.144. The predicted octanol–water partition coefficient (Wildman–Crippen LogP) is 2.97. The van der Waals surface area contributed by atoms with Crippen LogP contribution in [0, 0.1) is 17.8 Å². The summed E-state index contributed by atoms with van der Waals surface area (Å²) < 4.78 is 0. The normalized spacial score (nSPS) is 25.0. The van der Waals surface area contributed by atoms with Crippen molar-refractivity contribution in [2.24, 2.45) is 17.8 Å². The molecule has 1 aliphatic heterocycles. The second-order valence-corrected chi connectivity index (χ2v) is 7.03. The van der Waals surface area contributed by atoms with Crippen LogP contribution < -0.4 is 0 Å². The Morgan fingerprint density at radius 3 is 2.26 bits per heavy atom. The van der Waals surface area contributed by atoms with Gasteiger partial charge in [-0.15, -0.1) is 0 Å². The summed E-state index contributed by atoms with van der Waals surface area (Å²) in [5, 5.41) is 9.19. The van der Waals surface area contributed by atoms with Crippen molar-refractivity contribution in [1.29, 1.82) is 0 Å². The van der Waals surface area contributed by atoms with E-state index in [4.69, 9.17) is 0 Å². The fourth-order valence-corrected chi connectivity index (χ4v) is 4.20. The highest BCUT2D eigenvalue weighted by atomic mass is 16.4. The predicted molar refractivity (Wildman–Crippen MR) is 87.9 cm³/mol. The fourth-order valence-electron chi connectivity index (χ4n) is 4.20. The zero-order valence-electron chi connectivity index (χ0n) is 13.5. The van der Waals surface area contributed by atoms with Crippen molar-refractivity contribution in [1.82, 2.24) is 4.90 Å². The highest BCUT2D eigenvalue weighted by Crippen LogP contribution is 2.36. The molecule has 1 saturated carbocycles. The molecule has 3 atom stereocenters. The monoisotopic (exact) mass is 315 g/mol. The number of carboxylic acid groups (broad SMARTS) is 1. The molecule has 0 bridgehead atoms. The molecule has 1 saturated heterocycles. The summed E-state index contributed by atoms with van der Waals surface area (Å²) in [5.41, 5.74) is 1.03. The Bertz CT molecular complexity index is 543. The molecule has 1 aromatic carbocycles. The van der Waals surface area contributed by atoms with Crippen LogP contribution in [0.25, 0.3) is 0 Å². The average molecular weight is 315 g/mol. The van der Waals surface area contributed by atoms with Crippen LogP contribution in [0.2, 0.25) is 0 Å². The largest absolute Gasteiger partial charge is 0.481 e. The molecule has 4 heteroatoms. The summed E-state index contributed by atoms with van der Waals surface area (Å²) in [6.07, 6.45) is 5.41. The molecule has 23 heavy (non-hydrogen) atoms. The van der Waals surface area contributed by atoms with E-state index in [-0.39, 0.29) is 12.3 Å². The van der Waals surface area contributed by atoms with E-state index in [0.29, 0.717) is 18.3 Å². The number of likely N-dealkylation sites (tertiary alicyclic amines) is 1. The van der Waals surface area contributed by atoms with Gasteiger partial charge in [0, 0.05) is 13.1 Å². The molecule has 0 spiro atoms. The molecular weight excluding hydrogens is 290 g/mol. The van der Waals surface area contributed by atoms with E-state index >= 15 is 0 Å². The number of nitrogens with zero attached hydrogens (tertiary/aromatic N) is 1. The van der Waals surface area contributed by atoms with E-state index in [2.05, 4.69) is 0 Å². The fraction of sp³-hybridized carbons (Fsp3) is 0.579. The molecule has 0 aromatic heterocycles. The summed E-state index contributed by atoms with van der Waals surface area (Å²) in [5.74, 6) is -0.0404. The molecule has 3 rings (SSSR count). The van der Waals surface area contributed by atoms with Crippen LogP contribution in [0.5, 0.6) is 0 Å². The summed E-state index contributed by atoms with van der Waals surface area (Å²) in [4.78, 5) is 26.0.